The molecule has 0 heterocycles. The van der Waals surface area contributed by atoms with Crippen LogP contribution < -0.4 is 5.73 Å². The Morgan fingerprint density at radius 2 is 1.32 bits per heavy atom. The highest BCUT2D eigenvalue weighted by molar-refractivity contribution is 5.78. The Hall–Kier alpha value is -2.29. The minimum absolute atomic E-state index is 0.0650. The highest BCUT2D eigenvalue weighted by atomic mass is 15.2. The third-order valence-electron chi connectivity index (χ3n) is 2.95. The number of nitrogens with two attached hydrogens (primary N) is 1. The van der Waals surface area contributed by atoms with Crippen LogP contribution in [0.15, 0.2) is 65.7 Å². The summed E-state index contributed by atoms with van der Waals surface area (Å²) in [6.45, 7) is 0. The molecule has 0 aliphatic carbocycles. The number of benzene rings is 2. The molecule has 3 heteroatoms. The predicted octanol–water partition coefficient (Wildman–Crippen LogP) is 2.65. The summed E-state index contributed by atoms with van der Waals surface area (Å²) in [6, 6.07) is 20.3. The Balaban J connectivity index is 2.43. The molecule has 2 aromatic carbocycles. The molecule has 0 aliphatic rings. The summed E-state index contributed by atoms with van der Waals surface area (Å²) in [5.74, 6) is 0.526. The van der Waals surface area contributed by atoms with Crippen LogP contribution in [0, 0.1) is 0 Å². The van der Waals surface area contributed by atoms with Gasteiger partial charge in [-0.15, -0.1) is 0 Å². The molecule has 0 fully saturated rings. The second-order valence-electron chi connectivity index (χ2n) is 4.61. The van der Waals surface area contributed by atoms with Crippen molar-refractivity contribution >= 4 is 5.96 Å². The zero-order valence-electron chi connectivity index (χ0n) is 11.3. The van der Waals surface area contributed by atoms with Gasteiger partial charge in [0.25, 0.3) is 0 Å². The van der Waals surface area contributed by atoms with Crippen molar-refractivity contribution in [2.45, 2.75) is 6.04 Å². The molecule has 2 rings (SSSR count). The number of hydrogen-bond acceptors (Lipinski definition) is 1. The van der Waals surface area contributed by atoms with Crippen LogP contribution in [0.25, 0.3) is 0 Å². The van der Waals surface area contributed by atoms with Crippen LogP contribution in [-0.2, 0) is 0 Å². The summed E-state index contributed by atoms with van der Waals surface area (Å²) >= 11 is 0. The maximum absolute atomic E-state index is 5.97. The topological polar surface area (TPSA) is 41.6 Å². The standard InChI is InChI=1S/C16H19N3/c1-19(2)16(17)18-15(13-9-5-3-6-10-13)14-11-7-4-8-12-14/h3-12,15H,1-2H3,(H2,17,18). The molecule has 98 valence electrons. The summed E-state index contributed by atoms with van der Waals surface area (Å²) in [4.78, 5) is 6.46. The largest absolute Gasteiger partial charge is 0.370 e. The van der Waals surface area contributed by atoms with Crippen molar-refractivity contribution in [1.29, 1.82) is 0 Å². The Bertz CT molecular complexity index is 493. The third kappa shape index (κ3) is 3.35. The van der Waals surface area contributed by atoms with Gasteiger partial charge < -0.3 is 10.6 Å². The normalized spacial score (nSPS) is 11.6. The SMILES string of the molecule is CN(C)C(N)=NC(c1ccccc1)c1ccccc1. The molecule has 0 spiro atoms. The van der Waals surface area contributed by atoms with Crippen LogP contribution in [0.2, 0.25) is 0 Å². The number of nitrogens with zero attached hydrogens (tertiary/aromatic N) is 2. The molecule has 0 aliphatic heterocycles. The molecule has 0 unspecified atom stereocenters. The van der Waals surface area contributed by atoms with E-state index in [0.29, 0.717) is 5.96 Å². The fraction of sp³-hybridized carbons (Fsp3) is 0.188. The summed E-state index contributed by atoms with van der Waals surface area (Å²) in [6.07, 6.45) is 0. The minimum Gasteiger partial charge on any atom is -0.370 e. The van der Waals surface area contributed by atoms with Crippen LogP contribution in [0.5, 0.6) is 0 Å². The van der Waals surface area contributed by atoms with Gasteiger partial charge in [0.15, 0.2) is 5.96 Å². The summed E-state index contributed by atoms with van der Waals surface area (Å²) in [5, 5.41) is 0. The molecule has 0 saturated heterocycles. The molecular weight excluding hydrogens is 234 g/mol. The maximum Gasteiger partial charge on any atom is 0.191 e. The zero-order valence-corrected chi connectivity index (χ0v) is 11.3. The van der Waals surface area contributed by atoms with Gasteiger partial charge in [-0.3, -0.25) is 0 Å². The highest BCUT2D eigenvalue weighted by Crippen LogP contribution is 2.25. The lowest BCUT2D eigenvalue weighted by atomic mass is 9.99. The number of rotatable bonds is 3. The number of aliphatic imine (C=N–C) groups is 1. The van der Waals surface area contributed by atoms with Crippen molar-refractivity contribution < 1.29 is 0 Å². The Morgan fingerprint density at radius 3 is 1.68 bits per heavy atom. The van der Waals surface area contributed by atoms with Crippen molar-refractivity contribution in [2.75, 3.05) is 14.1 Å². The van der Waals surface area contributed by atoms with Crippen molar-refractivity contribution in [1.82, 2.24) is 4.90 Å². The van der Waals surface area contributed by atoms with Gasteiger partial charge in [-0.25, -0.2) is 4.99 Å². The lowest BCUT2D eigenvalue weighted by molar-refractivity contribution is 0.604. The van der Waals surface area contributed by atoms with Crippen LogP contribution in [-0.4, -0.2) is 25.0 Å². The van der Waals surface area contributed by atoms with Gasteiger partial charge in [0.2, 0.25) is 0 Å². The van der Waals surface area contributed by atoms with Gasteiger partial charge in [-0.05, 0) is 11.1 Å². The van der Waals surface area contributed by atoms with Crippen LogP contribution >= 0.6 is 0 Å². The van der Waals surface area contributed by atoms with Crippen LogP contribution in [0.4, 0.5) is 0 Å². The van der Waals surface area contributed by atoms with Gasteiger partial charge in [-0.2, -0.15) is 0 Å². The Morgan fingerprint density at radius 1 is 0.895 bits per heavy atom. The Kier molecular flexibility index (Phi) is 4.18. The second-order valence-corrected chi connectivity index (χ2v) is 4.61. The molecule has 0 aromatic heterocycles. The van der Waals surface area contributed by atoms with E-state index in [1.807, 2.05) is 55.4 Å². The fourth-order valence-electron chi connectivity index (χ4n) is 1.86. The Labute approximate surface area is 114 Å². The van der Waals surface area contributed by atoms with E-state index in [0.717, 1.165) is 11.1 Å². The fourth-order valence-corrected chi connectivity index (χ4v) is 1.86. The van der Waals surface area contributed by atoms with Gasteiger partial charge in [-0.1, -0.05) is 60.7 Å². The van der Waals surface area contributed by atoms with E-state index in [9.17, 15) is 0 Å². The molecule has 0 saturated carbocycles. The minimum atomic E-state index is -0.0650. The smallest absolute Gasteiger partial charge is 0.191 e. The van der Waals surface area contributed by atoms with Crippen molar-refractivity contribution in [2.24, 2.45) is 10.7 Å². The summed E-state index contributed by atoms with van der Waals surface area (Å²) in [7, 11) is 3.79. The van der Waals surface area contributed by atoms with E-state index in [-0.39, 0.29) is 6.04 Å². The molecule has 3 nitrogen and oxygen atoms in total. The van der Waals surface area contributed by atoms with Crippen LogP contribution in [0.1, 0.15) is 17.2 Å². The van der Waals surface area contributed by atoms with Gasteiger partial charge >= 0.3 is 0 Å². The first-order valence-corrected chi connectivity index (χ1v) is 6.29. The molecule has 2 N–H and O–H groups in total. The average molecular weight is 253 g/mol. The van der Waals surface area contributed by atoms with Gasteiger partial charge in [0.1, 0.15) is 6.04 Å². The van der Waals surface area contributed by atoms with Crippen molar-refractivity contribution in [3.63, 3.8) is 0 Å². The van der Waals surface area contributed by atoms with E-state index in [1.165, 1.54) is 0 Å². The summed E-state index contributed by atoms with van der Waals surface area (Å²) < 4.78 is 0. The monoisotopic (exact) mass is 253 g/mol. The van der Waals surface area contributed by atoms with E-state index in [1.54, 1.807) is 0 Å². The lowest BCUT2D eigenvalue weighted by Gasteiger charge is -2.17. The molecule has 0 amide bonds. The first kappa shape index (κ1) is 13.1. The van der Waals surface area contributed by atoms with E-state index < -0.39 is 0 Å². The molecule has 0 bridgehead atoms. The van der Waals surface area contributed by atoms with Crippen LogP contribution in [0.3, 0.4) is 0 Å². The second kappa shape index (κ2) is 6.05. The van der Waals surface area contributed by atoms with Crippen molar-refractivity contribution in [3.05, 3.63) is 71.8 Å². The molecular formula is C16H19N3. The molecule has 0 atom stereocenters. The molecule has 0 radical (unpaired) electrons. The first-order valence-electron chi connectivity index (χ1n) is 6.29. The van der Waals surface area contributed by atoms with Gasteiger partial charge in [0, 0.05) is 14.1 Å². The average Bonchev–Trinajstić information content (AvgIpc) is 2.46. The van der Waals surface area contributed by atoms with E-state index >= 15 is 0 Å². The van der Waals surface area contributed by atoms with Crippen molar-refractivity contribution in [3.8, 4) is 0 Å². The van der Waals surface area contributed by atoms with Gasteiger partial charge in [0.05, 0.1) is 0 Å². The lowest BCUT2D eigenvalue weighted by Crippen LogP contribution is -2.31. The summed E-state index contributed by atoms with van der Waals surface area (Å²) in [5.41, 5.74) is 8.24. The number of guanidine groups is 1. The predicted molar refractivity (Wildman–Crippen MR) is 80.0 cm³/mol. The molecule has 19 heavy (non-hydrogen) atoms. The third-order valence-corrected chi connectivity index (χ3v) is 2.95. The number of hydrogen-bond donors (Lipinski definition) is 1. The zero-order chi connectivity index (χ0) is 13.7. The molecule has 2 aromatic rings. The van der Waals surface area contributed by atoms with E-state index in [2.05, 4.69) is 29.3 Å². The quantitative estimate of drug-likeness (QED) is 0.675. The first-order chi connectivity index (χ1) is 9.18. The highest BCUT2D eigenvalue weighted by Gasteiger charge is 2.13. The maximum atomic E-state index is 5.97. The van der Waals surface area contributed by atoms with E-state index in [4.69, 9.17) is 5.73 Å².